The fraction of sp³-hybridized carbons (Fsp3) is 0.0500. The first-order valence-electron chi connectivity index (χ1n) is 8.30. The predicted molar refractivity (Wildman–Crippen MR) is 112 cm³/mol. The van der Waals surface area contributed by atoms with Crippen molar-refractivity contribution >= 4 is 51.5 Å². The summed E-state index contributed by atoms with van der Waals surface area (Å²) in [6.45, 7) is -0.228. The molecule has 0 fully saturated rings. The smallest absolute Gasteiger partial charge is 0.271 e. The minimum absolute atomic E-state index is 0.0630. The maximum atomic E-state index is 12.0. The van der Waals surface area contributed by atoms with Crippen molar-refractivity contribution in [2.75, 3.05) is 6.61 Å². The minimum Gasteiger partial charge on any atom is -0.483 e. The number of hydrazine groups is 1. The summed E-state index contributed by atoms with van der Waals surface area (Å²) in [4.78, 5) is 24.1. The Morgan fingerprint density at radius 3 is 2.46 bits per heavy atom. The monoisotopic (exact) mass is 413 g/mol. The normalized spacial score (nSPS) is 10.2. The Bertz CT molecular complexity index is 1040. The quantitative estimate of drug-likeness (QED) is 0.452. The van der Waals surface area contributed by atoms with Gasteiger partial charge in [0.05, 0.1) is 10.6 Å². The Hall–Kier alpha value is -3.16. The van der Waals surface area contributed by atoms with Gasteiger partial charge in [-0.15, -0.1) is 0 Å². The average Bonchev–Trinajstić information content (AvgIpc) is 2.70. The number of halogens is 1. The van der Waals surface area contributed by atoms with Crippen LogP contribution in [0.4, 0.5) is 0 Å². The Balaban J connectivity index is 1.49. The van der Waals surface area contributed by atoms with Gasteiger partial charge in [0.25, 0.3) is 11.8 Å². The maximum absolute atomic E-state index is 12.0. The molecule has 0 aliphatic heterocycles. The molecule has 0 saturated heterocycles. The topological polar surface area (TPSA) is 79.5 Å². The number of carbonyl (C=O) groups excluding carboxylic acids is 2. The van der Waals surface area contributed by atoms with Gasteiger partial charge in [-0.1, -0.05) is 60.1 Å². The molecule has 0 radical (unpaired) electrons. The SMILES string of the molecule is O=C(COc1cccc2ccccc12)NC(=S)NNC(=O)c1ccccc1Cl. The van der Waals surface area contributed by atoms with Crippen molar-refractivity contribution in [3.8, 4) is 5.75 Å². The summed E-state index contributed by atoms with van der Waals surface area (Å²) in [5.74, 6) is -0.342. The molecule has 3 aromatic rings. The van der Waals surface area contributed by atoms with Crippen LogP contribution < -0.4 is 20.9 Å². The van der Waals surface area contributed by atoms with Gasteiger partial charge in [-0.3, -0.25) is 25.8 Å². The summed E-state index contributed by atoms with van der Waals surface area (Å²) in [7, 11) is 0. The number of nitrogens with one attached hydrogen (secondary N) is 3. The van der Waals surface area contributed by atoms with Crippen LogP contribution in [0.3, 0.4) is 0 Å². The number of amides is 2. The second-order valence-corrected chi connectivity index (χ2v) is 6.52. The summed E-state index contributed by atoms with van der Waals surface area (Å²) in [6, 6.07) is 19.9. The molecule has 0 saturated carbocycles. The summed E-state index contributed by atoms with van der Waals surface area (Å²) in [6.07, 6.45) is 0. The molecular formula is C20H16ClN3O3S. The van der Waals surface area contributed by atoms with Crippen LogP contribution in [0.1, 0.15) is 10.4 Å². The number of carbonyl (C=O) groups is 2. The van der Waals surface area contributed by atoms with Gasteiger partial charge in [0, 0.05) is 5.39 Å². The first kappa shape index (κ1) is 19.6. The molecule has 0 atom stereocenters. The van der Waals surface area contributed by atoms with Crippen molar-refractivity contribution in [1.82, 2.24) is 16.2 Å². The Morgan fingerprint density at radius 2 is 1.64 bits per heavy atom. The van der Waals surface area contributed by atoms with E-state index < -0.39 is 11.8 Å². The molecule has 3 rings (SSSR count). The van der Waals surface area contributed by atoms with E-state index in [4.69, 9.17) is 28.6 Å². The maximum Gasteiger partial charge on any atom is 0.271 e. The van der Waals surface area contributed by atoms with E-state index in [9.17, 15) is 9.59 Å². The highest BCUT2D eigenvalue weighted by Gasteiger charge is 2.11. The third kappa shape index (κ3) is 4.97. The Kier molecular flexibility index (Phi) is 6.41. The van der Waals surface area contributed by atoms with Gasteiger partial charge < -0.3 is 4.74 Å². The summed E-state index contributed by atoms with van der Waals surface area (Å²) in [5, 5.41) is 4.59. The van der Waals surface area contributed by atoms with E-state index in [0.717, 1.165) is 10.8 Å². The van der Waals surface area contributed by atoms with Crippen molar-refractivity contribution < 1.29 is 14.3 Å². The van der Waals surface area contributed by atoms with Crippen molar-refractivity contribution in [3.63, 3.8) is 0 Å². The number of ether oxygens (including phenoxy) is 1. The lowest BCUT2D eigenvalue weighted by Gasteiger charge is -2.12. The lowest BCUT2D eigenvalue weighted by Crippen LogP contribution is -2.49. The Labute approximate surface area is 171 Å². The van der Waals surface area contributed by atoms with Crippen LogP contribution in [0.2, 0.25) is 5.02 Å². The average molecular weight is 414 g/mol. The van der Waals surface area contributed by atoms with Crippen LogP contribution in [0.5, 0.6) is 5.75 Å². The molecule has 0 aromatic heterocycles. The highest BCUT2D eigenvalue weighted by Crippen LogP contribution is 2.24. The first-order chi connectivity index (χ1) is 13.5. The minimum atomic E-state index is -0.478. The van der Waals surface area contributed by atoms with E-state index in [2.05, 4.69) is 16.2 Å². The van der Waals surface area contributed by atoms with Crippen LogP contribution in [-0.2, 0) is 4.79 Å². The standard InChI is InChI=1S/C20H16ClN3O3S/c21-16-10-4-3-9-15(16)19(26)23-24-20(28)22-18(25)12-27-17-11-5-7-13-6-1-2-8-14(13)17/h1-11H,12H2,(H,23,26)(H2,22,24,25,28). The number of thiocarbonyl (C=S) groups is 1. The molecule has 142 valence electrons. The van der Waals surface area contributed by atoms with Gasteiger partial charge in [0.15, 0.2) is 11.7 Å². The van der Waals surface area contributed by atoms with Gasteiger partial charge in [-0.2, -0.15) is 0 Å². The van der Waals surface area contributed by atoms with Crippen LogP contribution in [0.15, 0.2) is 66.7 Å². The molecule has 0 bridgehead atoms. The van der Waals surface area contributed by atoms with E-state index in [1.165, 1.54) is 0 Å². The number of hydrogen-bond donors (Lipinski definition) is 3. The lowest BCUT2D eigenvalue weighted by atomic mass is 10.1. The highest BCUT2D eigenvalue weighted by atomic mass is 35.5. The number of rotatable bonds is 4. The zero-order valence-electron chi connectivity index (χ0n) is 14.6. The van der Waals surface area contributed by atoms with Gasteiger partial charge in [-0.05, 0) is 35.8 Å². The van der Waals surface area contributed by atoms with E-state index in [0.29, 0.717) is 10.8 Å². The van der Waals surface area contributed by atoms with Gasteiger partial charge in [0.2, 0.25) is 0 Å². The fourth-order valence-electron chi connectivity index (χ4n) is 2.49. The van der Waals surface area contributed by atoms with Crippen LogP contribution >= 0.6 is 23.8 Å². The molecule has 28 heavy (non-hydrogen) atoms. The van der Waals surface area contributed by atoms with Gasteiger partial charge in [-0.25, -0.2) is 0 Å². The van der Waals surface area contributed by atoms with Crippen molar-refractivity contribution in [3.05, 3.63) is 77.3 Å². The van der Waals surface area contributed by atoms with E-state index >= 15 is 0 Å². The van der Waals surface area contributed by atoms with Crippen LogP contribution in [-0.4, -0.2) is 23.5 Å². The fourth-order valence-corrected chi connectivity index (χ4v) is 2.87. The zero-order chi connectivity index (χ0) is 19.9. The largest absolute Gasteiger partial charge is 0.483 e. The van der Waals surface area contributed by atoms with Gasteiger partial charge >= 0.3 is 0 Å². The van der Waals surface area contributed by atoms with Crippen molar-refractivity contribution in [2.24, 2.45) is 0 Å². The second-order valence-electron chi connectivity index (χ2n) is 5.70. The third-order valence-corrected chi connectivity index (χ3v) is 4.30. The molecule has 0 spiro atoms. The highest BCUT2D eigenvalue weighted by molar-refractivity contribution is 7.80. The third-order valence-electron chi connectivity index (χ3n) is 3.77. The predicted octanol–water partition coefficient (Wildman–Crippen LogP) is 3.21. The molecule has 2 amide bonds. The van der Waals surface area contributed by atoms with Crippen molar-refractivity contribution in [2.45, 2.75) is 0 Å². The van der Waals surface area contributed by atoms with Crippen molar-refractivity contribution in [1.29, 1.82) is 0 Å². The number of fused-ring (bicyclic) bond motifs is 1. The number of benzene rings is 3. The molecule has 3 N–H and O–H groups in total. The molecule has 0 heterocycles. The first-order valence-corrected chi connectivity index (χ1v) is 9.08. The van der Waals surface area contributed by atoms with E-state index in [1.807, 2.05) is 36.4 Å². The number of hydrogen-bond acceptors (Lipinski definition) is 4. The second kappa shape index (κ2) is 9.16. The molecule has 0 unspecified atom stereocenters. The molecule has 0 aliphatic carbocycles. The zero-order valence-corrected chi connectivity index (χ0v) is 16.1. The Morgan fingerprint density at radius 1 is 0.929 bits per heavy atom. The van der Waals surface area contributed by atoms with Crippen LogP contribution in [0, 0.1) is 0 Å². The molecular weight excluding hydrogens is 398 g/mol. The molecule has 3 aromatic carbocycles. The summed E-state index contributed by atoms with van der Waals surface area (Å²) in [5.41, 5.74) is 5.11. The molecule has 6 nitrogen and oxygen atoms in total. The molecule has 8 heteroatoms. The lowest BCUT2D eigenvalue weighted by molar-refractivity contribution is -0.121. The van der Waals surface area contributed by atoms with E-state index in [1.54, 1.807) is 30.3 Å². The van der Waals surface area contributed by atoms with E-state index in [-0.39, 0.29) is 17.3 Å². The van der Waals surface area contributed by atoms with Crippen LogP contribution in [0.25, 0.3) is 10.8 Å². The van der Waals surface area contributed by atoms with Gasteiger partial charge in [0.1, 0.15) is 5.75 Å². The molecule has 0 aliphatic rings. The summed E-state index contributed by atoms with van der Waals surface area (Å²) >= 11 is 10.9. The summed E-state index contributed by atoms with van der Waals surface area (Å²) < 4.78 is 5.59.